The first-order valence-corrected chi connectivity index (χ1v) is 14.9. The van der Waals surface area contributed by atoms with Gasteiger partial charge in [-0.1, -0.05) is 77.5 Å². The summed E-state index contributed by atoms with van der Waals surface area (Å²) < 4.78 is 27.8. The number of carbonyl (C=O) groups excluding carboxylic acids is 3. The molecule has 0 saturated heterocycles. The van der Waals surface area contributed by atoms with Crippen LogP contribution in [0, 0.1) is 0 Å². The Morgan fingerprint density at radius 2 is 1.59 bits per heavy atom. The van der Waals surface area contributed by atoms with Gasteiger partial charge in [-0.3, -0.25) is 14.4 Å². The van der Waals surface area contributed by atoms with Gasteiger partial charge >= 0.3 is 0 Å². The van der Waals surface area contributed by atoms with Gasteiger partial charge in [-0.25, -0.2) is 12.7 Å². The number of rotatable bonds is 10. The Morgan fingerprint density at radius 3 is 2.23 bits per heavy atom. The number of benzene rings is 3. The first kappa shape index (κ1) is 28.5. The lowest BCUT2D eigenvalue weighted by Crippen LogP contribution is -2.54. The monoisotopic (exact) mass is 611 g/mol. The summed E-state index contributed by atoms with van der Waals surface area (Å²) >= 11 is 3.41. The molecule has 2 unspecified atom stereocenters. The maximum Gasteiger partial charge on any atom is 0.269 e. The fourth-order valence-electron chi connectivity index (χ4n) is 4.38. The van der Waals surface area contributed by atoms with E-state index in [-0.39, 0.29) is 35.4 Å². The SMILES string of the molecule is CCC(C)NC(=O)C(Cc1ccccc1)N(Cc1ccc(Br)cc1)C(=O)CN1C(=O)c2ccccc2S1(=O)=O. The van der Waals surface area contributed by atoms with Crippen molar-refractivity contribution in [2.45, 2.75) is 50.2 Å². The highest BCUT2D eigenvalue weighted by Gasteiger charge is 2.43. The first-order valence-electron chi connectivity index (χ1n) is 12.7. The van der Waals surface area contributed by atoms with E-state index < -0.39 is 34.4 Å². The van der Waals surface area contributed by atoms with Crippen LogP contribution in [-0.2, 0) is 32.6 Å². The molecule has 3 aromatic carbocycles. The zero-order valence-corrected chi connectivity index (χ0v) is 24.1. The molecule has 1 heterocycles. The molecule has 0 aromatic heterocycles. The van der Waals surface area contributed by atoms with Crippen LogP contribution in [0.2, 0.25) is 0 Å². The van der Waals surface area contributed by atoms with Gasteiger partial charge in [0, 0.05) is 23.5 Å². The Labute approximate surface area is 237 Å². The number of nitrogens with one attached hydrogen (secondary N) is 1. The van der Waals surface area contributed by atoms with Crippen LogP contribution in [0.5, 0.6) is 0 Å². The average Bonchev–Trinajstić information content (AvgIpc) is 3.12. The highest BCUT2D eigenvalue weighted by atomic mass is 79.9. The number of halogens is 1. The molecule has 10 heteroatoms. The molecule has 0 bridgehead atoms. The van der Waals surface area contributed by atoms with Gasteiger partial charge in [0.1, 0.15) is 17.5 Å². The summed E-state index contributed by atoms with van der Waals surface area (Å²) in [5.74, 6) is -1.76. The maximum atomic E-state index is 13.9. The van der Waals surface area contributed by atoms with E-state index in [2.05, 4.69) is 21.2 Å². The fourth-order valence-corrected chi connectivity index (χ4v) is 6.17. The lowest BCUT2D eigenvalue weighted by atomic mass is 10.0. The predicted molar refractivity (Wildman–Crippen MR) is 151 cm³/mol. The largest absolute Gasteiger partial charge is 0.352 e. The fraction of sp³-hybridized carbons (Fsp3) is 0.276. The third-order valence-corrected chi connectivity index (χ3v) is 9.04. The molecule has 8 nitrogen and oxygen atoms in total. The molecule has 39 heavy (non-hydrogen) atoms. The van der Waals surface area contributed by atoms with Crippen molar-refractivity contribution in [2.75, 3.05) is 6.54 Å². The van der Waals surface area contributed by atoms with Crippen LogP contribution in [0.3, 0.4) is 0 Å². The van der Waals surface area contributed by atoms with Gasteiger partial charge in [0.25, 0.3) is 15.9 Å². The van der Waals surface area contributed by atoms with Gasteiger partial charge in [0.2, 0.25) is 11.8 Å². The summed E-state index contributed by atoms with van der Waals surface area (Å²) in [6.45, 7) is 3.16. The van der Waals surface area contributed by atoms with E-state index in [4.69, 9.17) is 0 Å². The van der Waals surface area contributed by atoms with E-state index in [0.717, 1.165) is 15.6 Å². The molecule has 1 aliphatic rings. The number of amides is 3. The molecule has 0 saturated carbocycles. The van der Waals surface area contributed by atoms with Crippen molar-refractivity contribution in [3.05, 3.63) is 100 Å². The quantitative estimate of drug-likeness (QED) is 0.371. The van der Waals surface area contributed by atoms with Gasteiger partial charge in [-0.05, 0) is 48.7 Å². The van der Waals surface area contributed by atoms with E-state index in [0.29, 0.717) is 10.7 Å². The van der Waals surface area contributed by atoms with Gasteiger partial charge < -0.3 is 10.2 Å². The molecule has 0 fully saturated rings. The molecule has 0 spiro atoms. The topological polar surface area (TPSA) is 104 Å². The van der Waals surface area contributed by atoms with E-state index in [1.807, 2.05) is 68.4 Å². The van der Waals surface area contributed by atoms with Crippen molar-refractivity contribution in [2.24, 2.45) is 0 Å². The minimum atomic E-state index is -4.20. The van der Waals surface area contributed by atoms with Crippen molar-refractivity contribution < 1.29 is 22.8 Å². The molecular formula is C29H30BrN3O5S. The predicted octanol–water partition coefficient (Wildman–Crippen LogP) is 4.15. The number of sulfonamides is 1. The molecule has 3 aromatic rings. The van der Waals surface area contributed by atoms with Crippen molar-refractivity contribution in [1.29, 1.82) is 0 Å². The maximum absolute atomic E-state index is 13.9. The van der Waals surface area contributed by atoms with Crippen molar-refractivity contribution >= 4 is 43.7 Å². The second-order valence-corrected chi connectivity index (χ2v) is 12.2. The van der Waals surface area contributed by atoms with Crippen LogP contribution in [0.1, 0.15) is 41.8 Å². The molecule has 0 aliphatic carbocycles. The molecule has 1 N–H and O–H groups in total. The third-order valence-electron chi connectivity index (χ3n) is 6.73. The number of hydrogen-bond acceptors (Lipinski definition) is 5. The summed E-state index contributed by atoms with van der Waals surface area (Å²) in [4.78, 5) is 41.8. The molecule has 3 amide bonds. The van der Waals surface area contributed by atoms with Crippen molar-refractivity contribution in [3.8, 4) is 0 Å². The van der Waals surface area contributed by atoms with Crippen molar-refractivity contribution in [3.63, 3.8) is 0 Å². The number of fused-ring (bicyclic) bond motifs is 1. The highest BCUT2D eigenvalue weighted by molar-refractivity contribution is 9.10. The normalized spacial score (nSPS) is 15.4. The van der Waals surface area contributed by atoms with Crippen LogP contribution >= 0.6 is 15.9 Å². The molecule has 1 aliphatic heterocycles. The number of nitrogens with zero attached hydrogens (tertiary/aromatic N) is 2. The second-order valence-electron chi connectivity index (χ2n) is 9.48. The lowest BCUT2D eigenvalue weighted by molar-refractivity contribution is -0.141. The molecular weight excluding hydrogens is 582 g/mol. The van der Waals surface area contributed by atoms with Crippen molar-refractivity contribution in [1.82, 2.24) is 14.5 Å². The second kappa shape index (κ2) is 12.1. The Hall–Kier alpha value is -3.50. The van der Waals surface area contributed by atoms with E-state index in [1.54, 1.807) is 6.07 Å². The van der Waals surface area contributed by atoms with Gasteiger partial charge in [-0.15, -0.1) is 0 Å². The van der Waals surface area contributed by atoms with Gasteiger partial charge in [-0.2, -0.15) is 0 Å². The van der Waals surface area contributed by atoms with Crippen LogP contribution in [0.4, 0.5) is 0 Å². The summed E-state index contributed by atoms with van der Waals surface area (Å²) in [5.41, 5.74) is 1.62. The van der Waals surface area contributed by atoms with Crippen LogP contribution in [-0.4, -0.2) is 54.0 Å². The van der Waals surface area contributed by atoms with Crippen LogP contribution in [0.25, 0.3) is 0 Å². The first-order chi connectivity index (χ1) is 18.6. The Kier molecular flexibility index (Phi) is 8.87. The number of carbonyl (C=O) groups is 3. The Morgan fingerprint density at radius 1 is 0.949 bits per heavy atom. The van der Waals surface area contributed by atoms with Gasteiger partial charge in [0.05, 0.1) is 5.56 Å². The smallest absolute Gasteiger partial charge is 0.269 e. The lowest BCUT2D eigenvalue weighted by Gasteiger charge is -2.33. The Bertz CT molecular complexity index is 1460. The molecule has 2 atom stereocenters. The molecule has 204 valence electrons. The zero-order chi connectivity index (χ0) is 28.2. The zero-order valence-electron chi connectivity index (χ0n) is 21.7. The summed E-state index contributed by atoms with van der Waals surface area (Å²) in [7, 11) is -4.20. The minimum Gasteiger partial charge on any atom is -0.352 e. The molecule has 0 radical (unpaired) electrons. The van der Waals surface area contributed by atoms with Gasteiger partial charge in [0.15, 0.2) is 0 Å². The van der Waals surface area contributed by atoms with E-state index >= 15 is 0 Å². The summed E-state index contributed by atoms with van der Waals surface area (Å²) in [6.07, 6.45) is 0.912. The van der Waals surface area contributed by atoms with E-state index in [9.17, 15) is 22.8 Å². The number of hydrogen-bond donors (Lipinski definition) is 1. The molecule has 4 rings (SSSR count). The summed E-state index contributed by atoms with van der Waals surface area (Å²) in [5, 5.41) is 2.97. The van der Waals surface area contributed by atoms with E-state index in [1.165, 1.54) is 23.1 Å². The highest BCUT2D eigenvalue weighted by Crippen LogP contribution is 2.30. The standard InChI is InChI=1S/C29H30BrN3O5S/c1-3-20(2)31-28(35)25(17-21-9-5-4-6-10-21)32(18-22-13-15-23(30)16-14-22)27(34)19-33-29(36)24-11-7-8-12-26(24)39(33,37)38/h4-16,20,25H,3,17-19H2,1-2H3,(H,31,35). The van der Waals surface area contributed by atoms with Crippen LogP contribution in [0.15, 0.2) is 88.2 Å². The summed E-state index contributed by atoms with van der Waals surface area (Å²) in [6, 6.07) is 21.4. The Balaban J connectivity index is 1.71. The third kappa shape index (κ3) is 6.39. The average molecular weight is 613 g/mol. The minimum absolute atomic E-state index is 0.0279. The van der Waals surface area contributed by atoms with Crippen LogP contribution < -0.4 is 5.32 Å².